The lowest BCUT2D eigenvalue weighted by molar-refractivity contribution is -0.116. The van der Waals surface area contributed by atoms with Crippen molar-refractivity contribution >= 4 is 22.4 Å². The van der Waals surface area contributed by atoms with Crippen LogP contribution in [0.25, 0.3) is 0 Å². The predicted octanol–water partition coefficient (Wildman–Crippen LogP) is 4.03. The summed E-state index contributed by atoms with van der Waals surface area (Å²) in [4.78, 5) is 15.2. The largest absolute Gasteiger partial charge is 0.307 e. The first-order valence-corrected chi connectivity index (χ1v) is 9.39. The Morgan fingerprint density at radius 3 is 1.88 bits per heavy atom. The number of amides is 1. The molecule has 1 amide bonds. The summed E-state index contributed by atoms with van der Waals surface area (Å²) in [5, 5.41) is 0. The zero-order chi connectivity index (χ0) is 17.5. The summed E-state index contributed by atoms with van der Waals surface area (Å²) in [5.74, 6) is -0.191. The topological polar surface area (TPSA) is 37.4 Å². The highest BCUT2D eigenvalue weighted by Gasteiger charge is 2.19. The molecule has 25 heavy (non-hydrogen) atoms. The number of para-hydroxylation sites is 1. The minimum Gasteiger partial charge on any atom is -0.307 e. The average molecular weight is 349 g/mol. The van der Waals surface area contributed by atoms with Gasteiger partial charge in [0.05, 0.1) is 17.3 Å². The maximum atomic E-state index is 12.9. The summed E-state index contributed by atoms with van der Waals surface area (Å²) >= 11 is 0. The van der Waals surface area contributed by atoms with E-state index in [0.717, 1.165) is 11.3 Å². The lowest BCUT2D eigenvalue weighted by atomic mass is 10.2. The molecule has 0 N–H and O–H groups in total. The van der Waals surface area contributed by atoms with Crippen molar-refractivity contribution in [3.05, 3.63) is 96.6 Å². The minimum absolute atomic E-state index is 0.0360. The van der Waals surface area contributed by atoms with Crippen molar-refractivity contribution in [2.24, 2.45) is 0 Å². The van der Waals surface area contributed by atoms with Crippen LogP contribution >= 0.6 is 0 Å². The van der Waals surface area contributed by atoms with Crippen molar-refractivity contribution in [3.8, 4) is 0 Å². The lowest BCUT2D eigenvalue weighted by Crippen LogP contribution is -2.34. The average Bonchev–Trinajstić information content (AvgIpc) is 2.68. The van der Waals surface area contributed by atoms with Crippen molar-refractivity contribution in [1.82, 2.24) is 0 Å². The molecule has 126 valence electrons. The first-order valence-electron chi connectivity index (χ1n) is 8.07. The molecule has 0 heterocycles. The first kappa shape index (κ1) is 17.1. The van der Waals surface area contributed by atoms with Crippen LogP contribution in [0.15, 0.2) is 95.9 Å². The normalized spacial score (nSPS) is 11.7. The van der Waals surface area contributed by atoms with Gasteiger partial charge in [-0.25, -0.2) is 0 Å². The van der Waals surface area contributed by atoms with Crippen LogP contribution in [0.3, 0.4) is 0 Å². The van der Waals surface area contributed by atoms with Gasteiger partial charge in [-0.05, 0) is 29.8 Å². The van der Waals surface area contributed by atoms with Crippen molar-refractivity contribution < 1.29 is 9.00 Å². The molecule has 1 atom stereocenters. The second kappa shape index (κ2) is 8.40. The van der Waals surface area contributed by atoms with Gasteiger partial charge in [0.15, 0.2) is 0 Å². The summed E-state index contributed by atoms with van der Waals surface area (Å²) in [6.45, 7) is 0.454. The zero-order valence-electron chi connectivity index (χ0n) is 13.7. The molecule has 3 rings (SSSR count). The standard InChI is InChI=1S/C21H19NO2S/c23-21(17-25(24)20-14-8-3-9-15-20)22(19-12-6-2-7-13-19)16-18-10-4-1-5-11-18/h1-15H,16-17H2. The molecule has 0 bridgehead atoms. The third kappa shape index (κ3) is 4.64. The smallest absolute Gasteiger partial charge is 0.240 e. The number of rotatable bonds is 6. The second-order valence-electron chi connectivity index (χ2n) is 5.60. The van der Waals surface area contributed by atoms with Gasteiger partial charge in [0.1, 0.15) is 5.75 Å². The minimum atomic E-state index is -1.36. The van der Waals surface area contributed by atoms with Gasteiger partial charge in [-0.1, -0.05) is 66.7 Å². The molecule has 0 aliphatic rings. The van der Waals surface area contributed by atoms with Gasteiger partial charge in [-0.3, -0.25) is 9.00 Å². The van der Waals surface area contributed by atoms with Crippen molar-refractivity contribution in [2.75, 3.05) is 10.7 Å². The molecule has 0 aliphatic carbocycles. The highest BCUT2D eigenvalue weighted by Crippen LogP contribution is 2.18. The molecule has 0 aromatic heterocycles. The van der Waals surface area contributed by atoms with E-state index in [0.29, 0.717) is 11.4 Å². The van der Waals surface area contributed by atoms with E-state index < -0.39 is 10.8 Å². The van der Waals surface area contributed by atoms with Crippen LogP contribution in [0.1, 0.15) is 5.56 Å². The lowest BCUT2D eigenvalue weighted by Gasteiger charge is -2.23. The third-order valence-electron chi connectivity index (χ3n) is 3.81. The van der Waals surface area contributed by atoms with Gasteiger partial charge >= 0.3 is 0 Å². The Morgan fingerprint density at radius 2 is 1.28 bits per heavy atom. The molecule has 3 nitrogen and oxygen atoms in total. The van der Waals surface area contributed by atoms with E-state index in [9.17, 15) is 9.00 Å². The number of benzene rings is 3. The fraction of sp³-hybridized carbons (Fsp3) is 0.0952. The highest BCUT2D eigenvalue weighted by molar-refractivity contribution is 7.85. The van der Waals surface area contributed by atoms with E-state index in [1.807, 2.05) is 78.9 Å². The molecule has 3 aromatic carbocycles. The monoisotopic (exact) mass is 349 g/mol. The molecule has 0 saturated carbocycles. The van der Waals surface area contributed by atoms with Crippen LogP contribution < -0.4 is 4.90 Å². The van der Waals surface area contributed by atoms with Gasteiger partial charge in [-0.15, -0.1) is 0 Å². The molecule has 1 unspecified atom stereocenters. The van der Waals surface area contributed by atoms with E-state index in [1.165, 1.54) is 0 Å². The number of hydrogen-bond acceptors (Lipinski definition) is 2. The van der Waals surface area contributed by atoms with Crippen molar-refractivity contribution in [1.29, 1.82) is 0 Å². The maximum Gasteiger partial charge on any atom is 0.240 e. The predicted molar refractivity (Wildman–Crippen MR) is 102 cm³/mol. The van der Waals surface area contributed by atoms with E-state index in [1.54, 1.807) is 17.0 Å². The third-order valence-corrected chi connectivity index (χ3v) is 5.12. The SMILES string of the molecule is O=C(CS(=O)c1ccccc1)N(Cc1ccccc1)c1ccccc1. The van der Waals surface area contributed by atoms with Crippen LogP contribution in [0.2, 0.25) is 0 Å². The number of nitrogens with zero attached hydrogens (tertiary/aromatic N) is 1. The van der Waals surface area contributed by atoms with Gasteiger partial charge in [0, 0.05) is 10.6 Å². The van der Waals surface area contributed by atoms with Gasteiger partial charge < -0.3 is 4.90 Å². The van der Waals surface area contributed by atoms with E-state index >= 15 is 0 Å². The molecule has 0 saturated heterocycles. The van der Waals surface area contributed by atoms with Gasteiger partial charge in [0.25, 0.3) is 0 Å². The fourth-order valence-electron chi connectivity index (χ4n) is 2.54. The van der Waals surface area contributed by atoms with Crippen LogP contribution in [0.4, 0.5) is 5.69 Å². The molecule has 3 aromatic rings. The zero-order valence-corrected chi connectivity index (χ0v) is 14.6. The Morgan fingerprint density at radius 1 is 0.760 bits per heavy atom. The molecule has 0 radical (unpaired) electrons. The fourth-order valence-corrected chi connectivity index (χ4v) is 3.55. The highest BCUT2D eigenvalue weighted by atomic mass is 32.2. The Kier molecular flexibility index (Phi) is 5.75. The van der Waals surface area contributed by atoms with E-state index in [-0.39, 0.29) is 11.7 Å². The number of anilines is 1. The Hall–Kier alpha value is -2.72. The van der Waals surface area contributed by atoms with E-state index in [4.69, 9.17) is 0 Å². The summed E-state index contributed by atoms with van der Waals surface area (Å²) in [7, 11) is -1.36. The quantitative estimate of drug-likeness (QED) is 0.674. The first-order chi connectivity index (χ1) is 12.2. The van der Waals surface area contributed by atoms with Gasteiger partial charge in [0.2, 0.25) is 5.91 Å². The molecular formula is C21H19NO2S. The summed E-state index contributed by atoms with van der Waals surface area (Å²) in [5.41, 5.74) is 1.84. The number of hydrogen-bond donors (Lipinski definition) is 0. The van der Waals surface area contributed by atoms with Crippen LogP contribution in [0.5, 0.6) is 0 Å². The van der Waals surface area contributed by atoms with Crippen molar-refractivity contribution in [3.63, 3.8) is 0 Å². The van der Waals surface area contributed by atoms with E-state index in [2.05, 4.69) is 0 Å². The van der Waals surface area contributed by atoms with Crippen LogP contribution in [-0.4, -0.2) is 15.9 Å². The van der Waals surface area contributed by atoms with Crippen LogP contribution in [-0.2, 0) is 22.1 Å². The molecule has 0 fully saturated rings. The van der Waals surface area contributed by atoms with Crippen molar-refractivity contribution in [2.45, 2.75) is 11.4 Å². The molecule has 4 heteroatoms. The van der Waals surface area contributed by atoms with Crippen LogP contribution in [0, 0.1) is 0 Å². The van der Waals surface area contributed by atoms with Gasteiger partial charge in [-0.2, -0.15) is 0 Å². The molecule has 0 spiro atoms. The Labute approximate surface area is 150 Å². The summed E-state index contributed by atoms with van der Waals surface area (Å²) in [6, 6.07) is 28.4. The number of carbonyl (C=O) groups excluding carboxylic acids is 1. The molecular weight excluding hydrogens is 330 g/mol. The summed E-state index contributed by atoms with van der Waals surface area (Å²) in [6.07, 6.45) is 0. The Bertz CT molecular complexity index is 836. The second-order valence-corrected chi connectivity index (χ2v) is 7.06. The summed E-state index contributed by atoms with van der Waals surface area (Å²) < 4.78 is 12.5. The number of carbonyl (C=O) groups is 1. The Balaban J connectivity index is 1.81. The molecule has 0 aliphatic heterocycles. The maximum absolute atomic E-state index is 12.9.